The van der Waals surface area contributed by atoms with Gasteiger partial charge in [-0.15, -0.1) is 0 Å². The van der Waals surface area contributed by atoms with Gasteiger partial charge in [-0.2, -0.15) is 0 Å². The molecule has 0 saturated carbocycles. The number of rotatable bonds is 5. The van der Waals surface area contributed by atoms with Crippen LogP contribution in [0.25, 0.3) is 0 Å². The Hall–Kier alpha value is -1.35. The van der Waals surface area contributed by atoms with Crippen molar-refractivity contribution in [3.05, 3.63) is 29.3 Å². The zero-order chi connectivity index (χ0) is 10.4. The van der Waals surface area contributed by atoms with E-state index in [9.17, 15) is 0 Å². The largest absolute Gasteiger partial charge is 0.496 e. The van der Waals surface area contributed by atoms with Crippen molar-refractivity contribution in [3.63, 3.8) is 0 Å². The third-order valence-corrected chi connectivity index (χ3v) is 2.04. The monoisotopic (exact) mass is 193 g/mol. The first-order valence-corrected chi connectivity index (χ1v) is 4.48. The van der Waals surface area contributed by atoms with Gasteiger partial charge in [-0.3, -0.25) is 0 Å². The smallest absolute Gasteiger partial charge is 0.127 e. The molecule has 0 saturated heterocycles. The fourth-order valence-electron chi connectivity index (χ4n) is 1.27. The van der Waals surface area contributed by atoms with Crippen LogP contribution in [0.4, 0.5) is 0 Å². The van der Waals surface area contributed by atoms with Crippen LogP contribution < -0.4 is 4.74 Å². The van der Waals surface area contributed by atoms with E-state index in [1.165, 1.54) is 6.21 Å². The summed E-state index contributed by atoms with van der Waals surface area (Å²) in [6.07, 6.45) is 2.16. The minimum absolute atomic E-state index is 0.698. The fraction of sp³-hybridized carbons (Fsp3) is 0.364. The van der Waals surface area contributed by atoms with Gasteiger partial charge >= 0.3 is 0 Å². The van der Waals surface area contributed by atoms with Crippen LogP contribution in [0.15, 0.2) is 18.2 Å². The quantitative estimate of drug-likeness (QED) is 0.725. The highest BCUT2D eigenvalue weighted by Crippen LogP contribution is 2.18. The van der Waals surface area contributed by atoms with Gasteiger partial charge in [-0.05, 0) is 24.1 Å². The van der Waals surface area contributed by atoms with Crippen LogP contribution in [0.2, 0.25) is 0 Å². The molecule has 0 heterocycles. The van der Waals surface area contributed by atoms with Crippen molar-refractivity contribution < 1.29 is 9.47 Å². The summed E-state index contributed by atoms with van der Waals surface area (Å²) in [5.41, 5.74) is 1.97. The second-order valence-electron chi connectivity index (χ2n) is 2.96. The molecule has 0 fully saturated rings. The van der Waals surface area contributed by atoms with Gasteiger partial charge < -0.3 is 14.9 Å². The van der Waals surface area contributed by atoms with Gasteiger partial charge in [-0.25, -0.2) is 0 Å². The Morgan fingerprint density at radius 2 is 2.14 bits per heavy atom. The normalized spacial score (nSPS) is 9.86. The van der Waals surface area contributed by atoms with Crippen molar-refractivity contribution >= 4 is 6.21 Å². The summed E-state index contributed by atoms with van der Waals surface area (Å²) in [6, 6.07) is 5.82. The van der Waals surface area contributed by atoms with Gasteiger partial charge in [0.2, 0.25) is 0 Å². The SMILES string of the molecule is COCCc1ccc(OC)c(C=N)c1. The van der Waals surface area contributed by atoms with Crippen molar-refractivity contribution in [2.75, 3.05) is 20.8 Å². The molecule has 0 spiro atoms. The second kappa shape index (κ2) is 5.40. The zero-order valence-electron chi connectivity index (χ0n) is 8.54. The highest BCUT2D eigenvalue weighted by atomic mass is 16.5. The molecule has 0 radical (unpaired) electrons. The number of benzene rings is 1. The molecule has 0 atom stereocenters. The summed E-state index contributed by atoms with van der Waals surface area (Å²) < 4.78 is 10.1. The van der Waals surface area contributed by atoms with E-state index in [4.69, 9.17) is 14.9 Å². The Morgan fingerprint density at radius 3 is 2.71 bits per heavy atom. The molecule has 3 heteroatoms. The van der Waals surface area contributed by atoms with E-state index in [1.807, 2.05) is 18.2 Å². The third-order valence-electron chi connectivity index (χ3n) is 2.04. The molecule has 14 heavy (non-hydrogen) atoms. The Kier molecular flexibility index (Phi) is 4.13. The summed E-state index contributed by atoms with van der Waals surface area (Å²) in [5, 5.41) is 7.23. The van der Waals surface area contributed by atoms with Crippen LogP contribution in [0.1, 0.15) is 11.1 Å². The Bertz CT molecular complexity index is 310. The standard InChI is InChI=1S/C11H15NO2/c1-13-6-5-9-3-4-11(14-2)10(7-9)8-12/h3-4,7-8,12H,5-6H2,1-2H3. The van der Waals surface area contributed by atoms with Gasteiger partial charge in [-0.1, -0.05) is 6.07 Å². The molecule has 1 N–H and O–H groups in total. The van der Waals surface area contributed by atoms with Crippen LogP contribution in [0, 0.1) is 5.41 Å². The van der Waals surface area contributed by atoms with E-state index in [-0.39, 0.29) is 0 Å². The van der Waals surface area contributed by atoms with Crippen LogP contribution in [-0.2, 0) is 11.2 Å². The number of nitrogens with one attached hydrogen (secondary N) is 1. The van der Waals surface area contributed by atoms with E-state index in [0.29, 0.717) is 6.61 Å². The van der Waals surface area contributed by atoms with Gasteiger partial charge in [0.25, 0.3) is 0 Å². The molecule has 1 aromatic rings. The summed E-state index contributed by atoms with van der Waals surface area (Å²) >= 11 is 0. The van der Waals surface area contributed by atoms with Crippen molar-refractivity contribution in [2.24, 2.45) is 0 Å². The number of ether oxygens (including phenoxy) is 2. The molecule has 1 rings (SSSR count). The maximum Gasteiger partial charge on any atom is 0.127 e. The average molecular weight is 193 g/mol. The van der Waals surface area contributed by atoms with E-state index in [2.05, 4.69) is 0 Å². The number of methoxy groups -OCH3 is 2. The van der Waals surface area contributed by atoms with Gasteiger partial charge in [0, 0.05) is 18.9 Å². The molecule has 0 unspecified atom stereocenters. The maximum atomic E-state index is 7.23. The Balaban J connectivity index is 2.84. The molecule has 0 aliphatic carbocycles. The predicted octanol–water partition coefficient (Wildman–Crippen LogP) is 1.88. The maximum absolute atomic E-state index is 7.23. The second-order valence-corrected chi connectivity index (χ2v) is 2.96. The Morgan fingerprint density at radius 1 is 1.36 bits per heavy atom. The van der Waals surface area contributed by atoms with Crippen molar-refractivity contribution in [1.29, 1.82) is 5.41 Å². The molecule has 76 valence electrons. The fourth-order valence-corrected chi connectivity index (χ4v) is 1.27. The van der Waals surface area contributed by atoms with Gasteiger partial charge in [0.05, 0.1) is 13.7 Å². The molecular formula is C11H15NO2. The first-order valence-electron chi connectivity index (χ1n) is 4.48. The summed E-state index contributed by atoms with van der Waals surface area (Å²) in [5.74, 6) is 0.737. The molecular weight excluding hydrogens is 178 g/mol. The summed E-state index contributed by atoms with van der Waals surface area (Å²) in [4.78, 5) is 0. The molecule has 0 aliphatic heterocycles. The minimum atomic E-state index is 0.698. The number of hydrogen-bond acceptors (Lipinski definition) is 3. The van der Waals surface area contributed by atoms with E-state index >= 15 is 0 Å². The van der Waals surface area contributed by atoms with E-state index in [1.54, 1.807) is 14.2 Å². The van der Waals surface area contributed by atoms with E-state index in [0.717, 1.165) is 23.3 Å². The van der Waals surface area contributed by atoms with Gasteiger partial charge in [0.1, 0.15) is 5.75 Å². The number of hydrogen-bond donors (Lipinski definition) is 1. The highest BCUT2D eigenvalue weighted by molar-refractivity contribution is 5.81. The predicted molar refractivity (Wildman–Crippen MR) is 56.5 cm³/mol. The molecule has 0 aromatic heterocycles. The molecule has 0 aliphatic rings. The van der Waals surface area contributed by atoms with Crippen LogP contribution in [-0.4, -0.2) is 27.0 Å². The average Bonchev–Trinajstić information content (AvgIpc) is 2.25. The summed E-state index contributed by atoms with van der Waals surface area (Å²) in [7, 11) is 3.29. The lowest BCUT2D eigenvalue weighted by Crippen LogP contribution is -1.97. The first-order chi connectivity index (χ1) is 6.81. The minimum Gasteiger partial charge on any atom is -0.496 e. The van der Waals surface area contributed by atoms with Crippen molar-refractivity contribution in [1.82, 2.24) is 0 Å². The third kappa shape index (κ3) is 2.57. The lowest BCUT2D eigenvalue weighted by molar-refractivity contribution is 0.202. The lowest BCUT2D eigenvalue weighted by Gasteiger charge is -2.06. The first kappa shape index (κ1) is 10.7. The molecule has 3 nitrogen and oxygen atoms in total. The van der Waals surface area contributed by atoms with Crippen LogP contribution >= 0.6 is 0 Å². The summed E-state index contributed by atoms with van der Waals surface area (Å²) in [6.45, 7) is 0.698. The van der Waals surface area contributed by atoms with Crippen LogP contribution in [0.3, 0.4) is 0 Å². The molecule has 0 bridgehead atoms. The molecule has 1 aromatic carbocycles. The highest BCUT2D eigenvalue weighted by Gasteiger charge is 2.01. The molecule has 0 amide bonds. The zero-order valence-corrected chi connectivity index (χ0v) is 8.54. The van der Waals surface area contributed by atoms with Crippen molar-refractivity contribution in [3.8, 4) is 5.75 Å². The van der Waals surface area contributed by atoms with Gasteiger partial charge in [0.15, 0.2) is 0 Å². The Labute approximate surface area is 84.2 Å². The lowest BCUT2D eigenvalue weighted by atomic mass is 10.1. The topological polar surface area (TPSA) is 42.3 Å². The van der Waals surface area contributed by atoms with Crippen molar-refractivity contribution in [2.45, 2.75) is 6.42 Å². The van der Waals surface area contributed by atoms with E-state index < -0.39 is 0 Å². The van der Waals surface area contributed by atoms with Crippen LogP contribution in [0.5, 0.6) is 5.75 Å².